The average molecular weight is 360 g/mol. The van der Waals surface area contributed by atoms with E-state index in [0.29, 0.717) is 27.8 Å². The number of hydrogen-bond donors (Lipinski definition) is 2. The Morgan fingerprint density at radius 1 is 1.18 bits per heavy atom. The summed E-state index contributed by atoms with van der Waals surface area (Å²) in [6.07, 6.45) is 2.07. The first-order valence-electron chi connectivity index (χ1n) is 6.58. The maximum atomic E-state index is 11.7. The second kappa shape index (κ2) is 7.17. The third kappa shape index (κ3) is 4.76. The van der Waals surface area contributed by atoms with Gasteiger partial charge in [0.1, 0.15) is 5.82 Å². The molecule has 8 heteroatoms. The van der Waals surface area contributed by atoms with Gasteiger partial charge in [-0.15, -0.1) is 0 Å². The summed E-state index contributed by atoms with van der Waals surface area (Å²) in [7, 11) is -3.34. The minimum atomic E-state index is -3.34. The normalized spacial score (nSPS) is 11.2. The third-order valence-electron chi connectivity index (χ3n) is 2.71. The fourth-order valence-electron chi connectivity index (χ4n) is 1.75. The van der Waals surface area contributed by atoms with E-state index in [4.69, 9.17) is 23.2 Å². The molecule has 0 aliphatic rings. The summed E-state index contributed by atoms with van der Waals surface area (Å²) in [6, 6.07) is 8.40. The van der Waals surface area contributed by atoms with Crippen LogP contribution in [0, 0.1) is 0 Å². The van der Waals surface area contributed by atoms with E-state index in [2.05, 4.69) is 15.0 Å². The van der Waals surface area contributed by atoms with E-state index in [1.54, 1.807) is 37.3 Å². The van der Waals surface area contributed by atoms with Gasteiger partial charge in [-0.3, -0.25) is 4.72 Å². The fraction of sp³-hybridized carbons (Fsp3) is 0.214. The molecule has 1 aromatic carbocycles. The number of benzene rings is 1. The lowest BCUT2D eigenvalue weighted by atomic mass is 10.3. The van der Waals surface area contributed by atoms with Crippen molar-refractivity contribution in [3.63, 3.8) is 0 Å². The summed E-state index contributed by atoms with van der Waals surface area (Å²) in [5.74, 6) is 0.343. The summed E-state index contributed by atoms with van der Waals surface area (Å²) >= 11 is 11.9. The first kappa shape index (κ1) is 16.9. The molecule has 0 aliphatic carbocycles. The Morgan fingerprint density at radius 2 is 1.95 bits per heavy atom. The second-order valence-electron chi connectivity index (χ2n) is 4.60. The van der Waals surface area contributed by atoms with Crippen LogP contribution >= 0.6 is 23.2 Å². The Bertz CT molecular complexity index is 749. The first-order valence-corrected chi connectivity index (χ1v) is 8.99. The summed E-state index contributed by atoms with van der Waals surface area (Å²) < 4.78 is 25.7. The summed E-state index contributed by atoms with van der Waals surface area (Å²) in [5, 5.41) is 4.12. The van der Waals surface area contributed by atoms with E-state index in [1.165, 1.54) is 6.20 Å². The lowest BCUT2D eigenvalue weighted by Gasteiger charge is -2.10. The molecule has 0 aliphatic heterocycles. The summed E-state index contributed by atoms with van der Waals surface area (Å²) in [4.78, 5) is 4.07. The highest BCUT2D eigenvalue weighted by atomic mass is 35.5. The van der Waals surface area contributed by atoms with Crippen LogP contribution in [0.1, 0.15) is 13.3 Å². The van der Waals surface area contributed by atoms with Crippen molar-refractivity contribution in [1.82, 2.24) is 4.98 Å². The van der Waals surface area contributed by atoms with Crippen LogP contribution in [0.3, 0.4) is 0 Å². The zero-order chi connectivity index (χ0) is 16.2. The van der Waals surface area contributed by atoms with Crippen molar-refractivity contribution in [1.29, 1.82) is 0 Å². The number of nitrogens with one attached hydrogen (secondary N) is 2. The molecule has 0 saturated carbocycles. The molecule has 0 spiro atoms. The molecule has 1 heterocycles. The summed E-state index contributed by atoms with van der Waals surface area (Å²) in [5.41, 5.74) is 1.37. The molecule has 2 rings (SSSR count). The van der Waals surface area contributed by atoms with Crippen molar-refractivity contribution in [3.05, 3.63) is 46.6 Å². The first-order chi connectivity index (χ1) is 10.4. The van der Waals surface area contributed by atoms with Gasteiger partial charge in [0.15, 0.2) is 0 Å². The van der Waals surface area contributed by atoms with E-state index in [9.17, 15) is 8.42 Å². The smallest absolute Gasteiger partial charge is 0.233 e. The van der Waals surface area contributed by atoms with Crippen LogP contribution in [0.15, 0.2) is 36.5 Å². The van der Waals surface area contributed by atoms with Gasteiger partial charge < -0.3 is 5.32 Å². The van der Waals surface area contributed by atoms with Gasteiger partial charge in [0.05, 0.1) is 28.3 Å². The number of aromatic nitrogens is 1. The lowest BCUT2D eigenvalue weighted by Crippen LogP contribution is -2.16. The molecule has 0 radical (unpaired) electrons. The predicted octanol–water partition coefficient (Wildman–Crippen LogP) is 4.28. The number of nitrogens with zero attached hydrogens (tertiary/aromatic N) is 1. The van der Waals surface area contributed by atoms with Gasteiger partial charge in [-0.2, -0.15) is 0 Å². The quantitative estimate of drug-likeness (QED) is 0.807. The topological polar surface area (TPSA) is 71.1 Å². The Labute approximate surface area is 139 Å². The van der Waals surface area contributed by atoms with E-state index in [0.717, 1.165) is 0 Å². The second-order valence-corrected chi connectivity index (χ2v) is 7.29. The number of sulfonamides is 1. The van der Waals surface area contributed by atoms with Crippen LogP contribution in [0.25, 0.3) is 0 Å². The molecule has 22 heavy (non-hydrogen) atoms. The van der Waals surface area contributed by atoms with Crippen molar-refractivity contribution in [2.45, 2.75) is 13.3 Å². The Hall–Kier alpha value is -1.50. The molecule has 2 N–H and O–H groups in total. The largest absolute Gasteiger partial charge is 0.353 e. The Morgan fingerprint density at radius 3 is 2.55 bits per heavy atom. The zero-order valence-corrected chi connectivity index (χ0v) is 14.1. The van der Waals surface area contributed by atoms with Gasteiger partial charge in [-0.1, -0.05) is 30.1 Å². The number of anilines is 3. The number of halogens is 2. The van der Waals surface area contributed by atoms with Crippen molar-refractivity contribution in [2.75, 3.05) is 15.8 Å². The molecule has 0 fully saturated rings. The van der Waals surface area contributed by atoms with Gasteiger partial charge >= 0.3 is 0 Å². The third-order valence-corrected chi connectivity index (χ3v) is 4.72. The average Bonchev–Trinajstić information content (AvgIpc) is 2.43. The van der Waals surface area contributed by atoms with Gasteiger partial charge in [-0.05, 0) is 36.8 Å². The standard InChI is InChI=1S/C14H15Cl2N3O2S/c1-2-7-22(20,21)19-14-6-4-11(9-17-14)18-13-5-3-10(15)8-12(13)16/h3-6,8-9,18H,2,7H2,1H3,(H,17,19). The molecular weight excluding hydrogens is 345 g/mol. The molecule has 0 saturated heterocycles. The van der Waals surface area contributed by atoms with Gasteiger partial charge in [0.2, 0.25) is 10.0 Å². The molecule has 0 atom stereocenters. The maximum absolute atomic E-state index is 11.7. The minimum Gasteiger partial charge on any atom is -0.353 e. The zero-order valence-electron chi connectivity index (χ0n) is 11.8. The highest BCUT2D eigenvalue weighted by Crippen LogP contribution is 2.28. The van der Waals surface area contributed by atoms with Gasteiger partial charge in [0.25, 0.3) is 0 Å². The van der Waals surface area contributed by atoms with Crippen molar-refractivity contribution < 1.29 is 8.42 Å². The Kier molecular flexibility index (Phi) is 5.50. The maximum Gasteiger partial charge on any atom is 0.233 e. The lowest BCUT2D eigenvalue weighted by molar-refractivity contribution is 0.599. The molecule has 118 valence electrons. The van der Waals surface area contributed by atoms with Gasteiger partial charge in [-0.25, -0.2) is 13.4 Å². The highest BCUT2D eigenvalue weighted by Gasteiger charge is 2.09. The van der Waals surface area contributed by atoms with Crippen LogP contribution in [-0.4, -0.2) is 19.2 Å². The SMILES string of the molecule is CCCS(=O)(=O)Nc1ccc(Nc2ccc(Cl)cc2Cl)cn1. The van der Waals surface area contributed by atoms with Crippen LogP contribution in [0.5, 0.6) is 0 Å². The molecular formula is C14H15Cl2N3O2S. The van der Waals surface area contributed by atoms with Gasteiger partial charge in [0, 0.05) is 5.02 Å². The van der Waals surface area contributed by atoms with Crippen molar-refractivity contribution in [3.8, 4) is 0 Å². The Balaban J connectivity index is 2.09. The fourth-order valence-corrected chi connectivity index (χ4v) is 3.29. The number of rotatable bonds is 6. The van der Waals surface area contributed by atoms with Crippen molar-refractivity contribution in [2.24, 2.45) is 0 Å². The van der Waals surface area contributed by atoms with E-state index in [1.807, 2.05) is 0 Å². The predicted molar refractivity (Wildman–Crippen MR) is 91.7 cm³/mol. The molecule has 1 aromatic heterocycles. The number of hydrogen-bond acceptors (Lipinski definition) is 4. The van der Waals surface area contributed by atoms with E-state index < -0.39 is 10.0 Å². The molecule has 5 nitrogen and oxygen atoms in total. The minimum absolute atomic E-state index is 0.0645. The highest BCUT2D eigenvalue weighted by molar-refractivity contribution is 7.92. The van der Waals surface area contributed by atoms with Crippen LogP contribution in [-0.2, 0) is 10.0 Å². The molecule has 2 aromatic rings. The molecule has 0 amide bonds. The van der Waals surface area contributed by atoms with E-state index >= 15 is 0 Å². The van der Waals surface area contributed by atoms with E-state index in [-0.39, 0.29) is 11.6 Å². The monoisotopic (exact) mass is 359 g/mol. The molecule has 0 unspecified atom stereocenters. The summed E-state index contributed by atoms with van der Waals surface area (Å²) in [6.45, 7) is 1.80. The van der Waals surface area contributed by atoms with Crippen molar-refractivity contribution >= 4 is 50.4 Å². The molecule has 0 bridgehead atoms. The number of pyridine rings is 1. The van der Waals surface area contributed by atoms with Crippen LogP contribution in [0.4, 0.5) is 17.2 Å². The van der Waals surface area contributed by atoms with Crippen LogP contribution < -0.4 is 10.0 Å². The van der Waals surface area contributed by atoms with Crippen LogP contribution in [0.2, 0.25) is 10.0 Å².